The number of carbonyl (C=O) groups is 1. The van der Waals surface area contributed by atoms with Gasteiger partial charge in [-0.2, -0.15) is 0 Å². The normalized spacial score (nSPS) is 14.1. The number of hydrogen-bond acceptors (Lipinski definition) is 6. The van der Waals surface area contributed by atoms with Crippen molar-refractivity contribution in [3.63, 3.8) is 0 Å². The fourth-order valence-electron chi connectivity index (χ4n) is 2.30. The molecule has 23 heavy (non-hydrogen) atoms. The Morgan fingerprint density at radius 2 is 1.52 bits per heavy atom. The SMILES string of the molecule is CCCCC(O)(O)CCCC(O)(O)C(CCC)OC(=O)C(C)C. The minimum Gasteiger partial charge on any atom is -0.456 e. The summed E-state index contributed by atoms with van der Waals surface area (Å²) in [7, 11) is 0. The second-order valence-corrected chi connectivity index (χ2v) is 6.69. The van der Waals surface area contributed by atoms with Crippen LogP contribution in [0.3, 0.4) is 0 Å². The van der Waals surface area contributed by atoms with Crippen molar-refractivity contribution in [2.45, 2.75) is 96.7 Å². The largest absolute Gasteiger partial charge is 0.456 e. The van der Waals surface area contributed by atoms with Crippen LogP contribution in [-0.4, -0.2) is 44.1 Å². The molecule has 0 rings (SSSR count). The summed E-state index contributed by atoms with van der Waals surface area (Å²) in [4.78, 5) is 11.7. The minimum atomic E-state index is -2.17. The zero-order chi connectivity index (χ0) is 18.1. The quantitative estimate of drug-likeness (QED) is 0.321. The fraction of sp³-hybridized carbons (Fsp3) is 0.941. The first-order valence-electron chi connectivity index (χ1n) is 8.65. The van der Waals surface area contributed by atoms with Gasteiger partial charge in [-0.05, 0) is 19.3 Å². The van der Waals surface area contributed by atoms with Crippen LogP contribution < -0.4 is 0 Å². The molecule has 0 radical (unpaired) electrons. The molecular formula is C17H34O6. The minimum absolute atomic E-state index is 0.0485. The van der Waals surface area contributed by atoms with E-state index < -0.39 is 23.6 Å². The summed E-state index contributed by atoms with van der Waals surface area (Å²) < 4.78 is 5.20. The molecule has 0 amide bonds. The van der Waals surface area contributed by atoms with Crippen molar-refractivity contribution in [3.05, 3.63) is 0 Å². The smallest absolute Gasteiger partial charge is 0.308 e. The van der Waals surface area contributed by atoms with Gasteiger partial charge in [0.2, 0.25) is 5.79 Å². The Labute approximate surface area is 139 Å². The molecule has 0 fully saturated rings. The van der Waals surface area contributed by atoms with Crippen LogP contribution in [0, 0.1) is 5.92 Å². The average molecular weight is 334 g/mol. The predicted octanol–water partition coefficient (Wildman–Crippen LogP) is 2.08. The summed E-state index contributed by atoms with van der Waals surface area (Å²) in [5, 5.41) is 40.1. The van der Waals surface area contributed by atoms with Crippen molar-refractivity contribution in [2.75, 3.05) is 0 Å². The van der Waals surface area contributed by atoms with Gasteiger partial charge in [0, 0.05) is 19.3 Å². The highest BCUT2D eigenvalue weighted by Crippen LogP contribution is 2.26. The molecular weight excluding hydrogens is 300 g/mol. The summed E-state index contributed by atoms with van der Waals surface area (Å²) in [5.74, 6) is -4.78. The van der Waals surface area contributed by atoms with Crippen LogP contribution in [0.5, 0.6) is 0 Å². The lowest BCUT2D eigenvalue weighted by molar-refractivity contribution is -0.246. The molecule has 1 unspecified atom stereocenters. The summed E-state index contributed by atoms with van der Waals surface area (Å²) in [5.41, 5.74) is 0. The Morgan fingerprint density at radius 3 is 2.00 bits per heavy atom. The Hall–Kier alpha value is -0.690. The highest BCUT2D eigenvalue weighted by molar-refractivity contribution is 5.71. The third-order valence-electron chi connectivity index (χ3n) is 3.85. The van der Waals surface area contributed by atoms with Crippen molar-refractivity contribution in [1.82, 2.24) is 0 Å². The predicted molar refractivity (Wildman–Crippen MR) is 87.3 cm³/mol. The molecule has 1 atom stereocenters. The van der Waals surface area contributed by atoms with Crippen LogP contribution in [0.1, 0.15) is 79.1 Å². The third-order valence-corrected chi connectivity index (χ3v) is 3.85. The van der Waals surface area contributed by atoms with Crippen molar-refractivity contribution < 1.29 is 30.0 Å². The molecule has 0 aliphatic rings. The Morgan fingerprint density at radius 1 is 0.957 bits per heavy atom. The highest BCUT2D eigenvalue weighted by atomic mass is 16.6. The van der Waals surface area contributed by atoms with Crippen molar-refractivity contribution in [3.8, 4) is 0 Å². The molecule has 138 valence electrons. The van der Waals surface area contributed by atoms with Gasteiger partial charge in [0.05, 0.1) is 5.92 Å². The Balaban J connectivity index is 4.57. The van der Waals surface area contributed by atoms with Crippen LogP contribution >= 0.6 is 0 Å². The maximum atomic E-state index is 11.7. The lowest BCUT2D eigenvalue weighted by Gasteiger charge is -2.32. The van der Waals surface area contributed by atoms with Gasteiger partial charge in [0.1, 0.15) is 0 Å². The summed E-state index contributed by atoms with van der Waals surface area (Å²) in [6.45, 7) is 7.19. The number of unbranched alkanes of at least 4 members (excludes halogenated alkanes) is 1. The van der Waals surface area contributed by atoms with E-state index in [0.717, 1.165) is 6.42 Å². The van der Waals surface area contributed by atoms with E-state index in [1.54, 1.807) is 13.8 Å². The molecule has 0 saturated carbocycles. The molecule has 0 spiro atoms. The molecule has 4 N–H and O–H groups in total. The maximum Gasteiger partial charge on any atom is 0.308 e. The zero-order valence-electron chi connectivity index (χ0n) is 14.9. The van der Waals surface area contributed by atoms with E-state index in [9.17, 15) is 25.2 Å². The molecule has 6 nitrogen and oxygen atoms in total. The third kappa shape index (κ3) is 9.25. The van der Waals surface area contributed by atoms with Gasteiger partial charge >= 0.3 is 5.97 Å². The van der Waals surface area contributed by atoms with Crippen LogP contribution in [0.2, 0.25) is 0 Å². The summed E-state index contributed by atoms with van der Waals surface area (Å²) in [6, 6.07) is 0. The number of esters is 1. The van der Waals surface area contributed by atoms with Crippen LogP contribution in [0.25, 0.3) is 0 Å². The molecule has 0 bridgehead atoms. The van der Waals surface area contributed by atoms with Gasteiger partial charge < -0.3 is 25.2 Å². The average Bonchev–Trinajstić information content (AvgIpc) is 2.44. The lowest BCUT2D eigenvalue weighted by atomic mass is 9.95. The molecule has 0 aromatic carbocycles. The molecule has 0 aliphatic carbocycles. The van der Waals surface area contributed by atoms with Gasteiger partial charge in [0.15, 0.2) is 11.9 Å². The molecule has 0 saturated heterocycles. The van der Waals surface area contributed by atoms with Crippen molar-refractivity contribution in [1.29, 1.82) is 0 Å². The number of rotatable bonds is 12. The molecule has 6 heteroatoms. The van der Waals surface area contributed by atoms with Gasteiger partial charge in [-0.25, -0.2) is 0 Å². The standard InChI is InChI=1S/C17H34O6/c1-5-7-10-16(19,20)11-8-12-17(21,22)14(9-6-2)23-15(18)13(3)4/h13-14,19-22H,5-12H2,1-4H3. The Kier molecular flexibility index (Phi) is 9.93. The van der Waals surface area contributed by atoms with E-state index in [4.69, 9.17) is 4.74 Å². The first kappa shape index (κ1) is 22.3. The molecule has 0 aliphatic heterocycles. The van der Waals surface area contributed by atoms with E-state index in [2.05, 4.69) is 0 Å². The van der Waals surface area contributed by atoms with Crippen molar-refractivity contribution >= 4 is 5.97 Å². The van der Waals surface area contributed by atoms with E-state index in [0.29, 0.717) is 19.3 Å². The highest BCUT2D eigenvalue weighted by Gasteiger charge is 2.37. The van der Waals surface area contributed by atoms with Crippen LogP contribution in [-0.2, 0) is 9.53 Å². The summed E-state index contributed by atoms with van der Waals surface area (Å²) in [6.07, 6.45) is 1.95. The van der Waals surface area contributed by atoms with Crippen molar-refractivity contribution in [2.24, 2.45) is 5.92 Å². The van der Waals surface area contributed by atoms with Crippen LogP contribution in [0.15, 0.2) is 0 Å². The number of carbonyl (C=O) groups excluding carboxylic acids is 1. The molecule has 0 aromatic rings. The van der Waals surface area contributed by atoms with Gasteiger partial charge in [-0.1, -0.05) is 40.5 Å². The molecule has 0 heterocycles. The van der Waals surface area contributed by atoms with E-state index in [1.165, 1.54) is 0 Å². The number of ether oxygens (including phenoxy) is 1. The van der Waals surface area contributed by atoms with Gasteiger partial charge in [-0.3, -0.25) is 4.79 Å². The zero-order valence-corrected chi connectivity index (χ0v) is 14.9. The number of hydrogen-bond donors (Lipinski definition) is 4. The second-order valence-electron chi connectivity index (χ2n) is 6.69. The maximum absolute atomic E-state index is 11.7. The first-order chi connectivity index (χ1) is 10.6. The second kappa shape index (κ2) is 10.2. The van der Waals surface area contributed by atoms with E-state index in [-0.39, 0.29) is 31.6 Å². The number of aliphatic hydroxyl groups is 4. The van der Waals surface area contributed by atoms with E-state index >= 15 is 0 Å². The topological polar surface area (TPSA) is 107 Å². The summed E-state index contributed by atoms with van der Waals surface area (Å²) >= 11 is 0. The van der Waals surface area contributed by atoms with Gasteiger partial charge in [0.25, 0.3) is 0 Å². The fourth-order valence-corrected chi connectivity index (χ4v) is 2.30. The first-order valence-corrected chi connectivity index (χ1v) is 8.65. The molecule has 0 aromatic heterocycles. The lowest BCUT2D eigenvalue weighted by Crippen LogP contribution is -2.45. The monoisotopic (exact) mass is 334 g/mol. The van der Waals surface area contributed by atoms with Gasteiger partial charge in [-0.15, -0.1) is 0 Å². The van der Waals surface area contributed by atoms with Crippen LogP contribution in [0.4, 0.5) is 0 Å². The van der Waals surface area contributed by atoms with E-state index in [1.807, 2.05) is 13.8 Å². The Bertz CT molecular complexity index is 338.